The van der Waals surface area contributed by atoms with Gasteiger partial charge in [0.2, 0.25) is 0 Å². The summed E-state index contributed by atoms with van der Waals surface area (Å²) in [6.45, 7) is 0.0631. The van der Waals surface area contributed by atoms with Crippen LogP contribution >= 0.6 is 11.6 Å². The van der Waals surface area contributed by atoms with Crippen LogP contribution in [0.25, 0.3) is 27.9 Å². The second kappa shape index (κ2) is 7.56. The quantitative estimate of drug-likeness (QED) is 0.280. The van der Waals surface area contributed by atoms with Crippen LogP contribution in [-0.2, 0) is 16.1 Å². The fourth-order valence-electron chi connectivity index (χ4n) is 2.85. The normalized spacial score (nSPS) is 11.3. The van der Waals surface area contributed by atoms with Crippen molar-refractivity contribution >= 4 is 45.5 Å². The molecule has 0 spiro atoms. The molecule has 0 fully saturated rings. The summed E-state index contributed by atoms with van der Waals surface area (Å²) in [7, 11) is 0. The zero-order chi connectivity index (χ0) is 18.6. The summed E-state index contributed by atoms with van der Waals surface area (Å²) in [6.07, 6.45) is 4.83. The van der Waals surface area contributed by atoms with Crippen molar-refractivity contribution in [3.8, 4) is 0 Å². The van der Waals surface area contributed by atoms with E-state index in [0.29, 0.717) is 10.7 Å². The van der Waals surface area contributed by atoms with Gasteiger partial charge in [0.15, 0.2) is 0 Å². The first-order valence-electron chi connectivity index (χ1n) is 8.43. The molecule has 0 aliphatic carbocycles. The molecule has 2 aromatic heterocycles. The molecule has 0 radical (unpaired) electrons. The number of carbonyl (C=O) groups is 1. The Kier molecular flexibility index (Phi) is 4.81. The molecule has 0 atom stereocenters. The summed E-state index contributed by atoms with van der Waals surface area (Å²) in [5.41, 5.74) is 3.17. The number of rotatable bonds is 4. The average Bonchev–Trinajstić information content (AvgIpc) is 2.70. The Morgan fingerprint density at radius 3 is 2.78 bits per heavy atom. The third kappa shape index (κ3) is 3.81. The summed E-state index contributed by atoms with van der Waals surface area (Å²) < 4.78 is 5.32. The highest BCUT2D eigenvalue weighted by Crippen LogP contribution is 2.21. The minimum Gasteiger partial charge on any atom is -0.458 e. The van der Waals surface area contributed by atoms with Crippen LogP contribution in [0.15, 0.2) is 72.9 Å². The smallest absolute Gasteiger partial charge is 0.331 e. The molecule has 2 heterocycles. The third-order valence-electron chi connectivity index (χ3n) is 4.18. The lowest BCUT2D eigenvalue weighted by molar-refractivity contribution is -0.138. The van der Waals surface area contributed by atoms with Gasteiger partial charge in [0, 0.05) is 34.2 Å². The molecule has 4 rings (SSSR count). The zero-order valence-corrected chi connectivity index (χ0v) is 15.1. The number of fused-ring (bicyclic) bond motifs is 2. The zero-order valence-electron chi connectivity index (χ0n) is 14.3. The Morgan fingerprint density at radius 1 is 1.04 bits per heavy atom. The first-order chi connectivity index (χ1) is 13.2. The summed E-state index contributed by atoms with van der Waals surface area (Å²) in [6, 6.07) is 19.2. The standard InChI is InChI=1S/C22H15ClN2O2/c23-22-18(13-17-5-1-2-9-19(17)25-22)14-27-20(26)11-10-16-7-3-6-15-8-4-12-24-21(15)16/h1-13H,14H2. The van der Waals surface area contributed by atoms with Gasteiger partial charge in [-0.3, -0.25) is 4.98 Å². The number of carbonyl (C=O) groups excluding carboxylic acids is 1. The van der Waals surface area contributed by atoms with E-state index >= 15 is 0 Å². The Hall–Kier alpha value is -3.24. The van der Waals surface area contributed by atoms with Crippen LogP contribution in [0, 0.1) is 0 Å². The minimum absolute atomic E-state index is 0.0631. The van der Waals surface area contributed by atoms with Gasteiger partial charge in [-0.15, -0.1) is 0 Å². The molecule has 0 aliphatic rings. The van der Waals surface area contributed by atoms with E-state index in [0.717, 1.165) is 27.4 Å². The second-order valence-corrected chi connectivity index (χ2v) is 6.35. The number of benzene rings is 2. The van der Waals surface area contributed by atoms with E-state index in [1.807, 2.05) is 60.7 Å². The average molecular weight is 375 g/mol. The van der Waals surface area contributed by atoms with Crippen LogP contribution in [0.3, 0.4) is 0 Å². The number of hydrogen-bond donors (Lipinski definition) is 0. The molecule has 4 nitrogen and oxygen atoms in total. The van der Waals surface area contributed by atoms with Crippen molar-refractivity contribution in [3.05, 3.63) is 89.2 Å². The fraction of sp³-hybridized carbons (Fsp3) is 0.0455. The maximum Gasteiger partial charge on any atom is 0.331 e. The van der Waals surface area contributed by atoms with E-state index in [9.17, 15) is 4.79 Å². The van der Waals surface area contributed by atoms with Crippen molar-refractivity contribution in [2.45, 2.75) is 6.61 Å². The number of ether oxygens (including phenoxy) is 1. The van der Waals surface area contributed by atoms with Crippen LogP contribution in [0.2, 0.25) is 5.15 Å². The lowest BCUT2D eigenvalue weighted by atomic mass is 10.1. The van der Waals surface area contributed by atoms with Crippen molar-refractivity contribution < 1.29 is 9.53 Å². The molecule has 0 bridgehead atoms. The number of esters is 1. The maximum absolute atomic E-state index is 12.1. The topological polar surface area (TPSA) is 52.1 Å². The number of hydrogen-bond acceptors (Lipinski definition) is 4. The number of nitrogens with zero attached hydrogens (tertiary/aromatic N) is 2. The van der Waals surface area contributed by atoms with Crippen LogP contribution in [0.5, 0.6) is 0 Å². The van der Waals surface area contributed by atoms with E-state index in [4.69, 9.17) is 16.3 Å². The molecular formula is C22H15ClN2O2. The van der Waals surface area contributed by atoms with Gasteiger partial charge < -0.3 is 4.74 Å². The first-order valence-corrected chi connectivity index (χ1v) is 8.81. The molecule has 0 amide bonds. The minimum atomic E-state index is -0.452. The summed E-state index contributed by atoms with van der Waals surface area (Å²) >= 11 is 6.20. The van der Waals surface area contributed by atoms with Crippen LogP contribution in [0.1, 0.15) is 11.1 Å². The van der Waals surface area contributed by atoms with Gasteiger partial charge in [-0.25, -0.2) is 9.78 Å². The number of pyridine rings is 2. The molecule has 5 heteroatoms. The Bertz CT molecular complexity index is 1170. The molecule has 0 saturated heterocycles. The van der Waals surface area contributed by atoms with Gasteiger partial charge in [-0.05, 0) is 24.3 Å². The Labute approximate surface area is 161 Å². The summed E-state index contributed by atoms with van der Waals surface area (Å²) in [5.74, 6) is -0.452. The van der Waals surface area contributed by atoms with E-state index in [1.54, 1.807) is 12.3 Å². The molecular weight excluding hydrogens is 360 g/mol. The lowest BCUT2D eigenvalue weighted by Crippen LogP contribution is -2.02. The second-order valence-electron chi connectivity index (χ2n) is 5.99. The van der Waals surface area contributed by atoms with Crippen LogP contribution < -0.4 is 0 Å². The van der Waals surface area contributed by atoms with Crippen molar-refractivity contribution in [1.82, 2.24) is 9.97 Å². The molecule has 0 saturated carbocycles. The van der Waals surface area contributed by atoms with Crippen molar-refractivity contribution in [3.63, 3.8) is 0 Å². The van der Waals surface area contributed by atoms with Gasteiger partial charge >= 0.3 is 5.97 Å². The van der Waals surface area contributed by atoms with Crippen LogP contribution in [-0.4, -0.2) is 15.9 Å². The third-order valence-corrected chi connectivity index (χ3v) is 4.51. The molecule has 0 N–H and O–H groups in total. The Balaban J connectivity index is 1.48. The van der Waals surface area contributed by atoms with E-state index in [1.165, 1.54) is 6.08 Å². The largest absolute Gasteiger partial charge is 0.458 e. The van der Waals surface area contributed by atoms with Crippen LogP contribution in [0.4, 0.5) is 0 Å². The fourth-order valence-corrected chi connectivity index (χ4v) is 3.05. The summed E-state index contributed by atoms with van der Waals surface area (Å²) in [5, 5.41) is 2.30. The number of aromatic nitrogens is 2. The van der Waals surface area contributed by atoms with Crippen molar-refractivity contribution in [2.24, 2.45) is 0 Å². The highest BCUT2D eigenvalue weighted by Gasteiger charge is 2.07. The SMILES string of the molecule is O=C(C=Cc1cccc2cccnc12)OCc1cc2ccccc2nc1Cl. The first kappa shape index (κ1) is 17.2. The Morgan fingerprint density at radius 2 is 1.85 bits per heavy atom. The molecule has 0 aliphatic heterocycles. The molecule has 132 valence electrons. The van der Waals surface area contributed by atoms with Gasteiger partial charge in [0.05, 0.1) is 11.0 Å². The van der Waals surface area contributed by atoms with E-state index in [-0.39, 0.29) is 6.61 Å². The van der Waals surface area contributed by atoms with Gasteiger partial charge in [-0.2, -0.15) is 0 Å². The summed E-state index contributed by atoms with van der Waals surface area (Å²) in [4.78, 5) is 20.8. The molecule has 0 unspecified atom stereocenters. The van der Waals surface area contributed by atoms with Crippen molar-refractivity contribution in [2.75, 3.05) is 0 Å². The molecule has 2 aromatic carbocycles. The van der Waals surface area contributed by atoms with Gasteiger partial charge in [0.25, 0.3) is 0 Å². The van der Waals surface area contributed by atoms with E-state index < -0.39 is 5.97 Å². The lowest BCUT2D eigenvalue weighted by Gasteiger charge is -2.06. The highest BCUT2D eigenvalue weighted by molar-refractivity contribution is 6.30. The van der Waals surface area contributed by atoms with Crippen molar-refractivity contribution in [1.29, 1.82) is 0 Å². The predicted octanol–water partition coefficient (Wildman–Crippen LogP) is 5.19. The predicted molar refractivity (Wildman–Crippen MR) is 107 cm³/mol. The highest BCUT2D eigenvalue weighted by atomic mass is 35.5. The van der Waals surface area contributed by atoms with E-state index in [2.05, 4.69) is 9.97 Å². The maximum atomic E-state index is 12.1. The molecule has 27 heavy (non-hydrogen) atoms. The molecule has 4 aromatic rings. The van der Waals surface area contributed by atoms with Gasteiger partial charge in [-0.1, -0.05) is 54.1 Å². The van der Waals surface area contributed by atoms with Gasteiger partial charge in [0.1, 0.15) is 11.8 Å². The number of para-hydroxylation sites is 2. The number of halogens is 1. The monoisotopic (exact) mass is 374 g/mol.